The summed E-state index contributed by atoms with van der Waals surface area (Å²) < 4.78 is 19.2. The third-order valence-corrected chi connectivity index (χ3v) is 4.83. The highest BCUT2D eigenvalue weighted by Gasteiger charge is 2.15. The van der Waals surface area contributed by atoms with Crippen molar-refractivity contribution in [1.29, 1.82) is 0 Å². The third kappa shape index (κ3) is 5.37. The number of benzene rings is 2. The first-order chi connectivity index (χ1) is 13.8. The number of hydrogen-bond acceptors (Lipinski definition) is 3. The Hall–Kier alpha value is -2.83. The molecule has 0 bridgehead atoms. The van der Waals surface area contributed by atoms with E-state index in [1.165, 1.54) is 30.5 Å². The van der Waals surface area contributed by atoms with Crippen LogP contribution in [-0.2, 0) is 11.2 Å². The average molecular weight is 435 g/mol. The van der Waals surface area contributed by atoms with Gasteiger partial charge < -0.3 is 15.1 Å². The van der Waals surface area contributed by atoms with Crippen LogP contribution in [0.4, 0.5) is 15.8 Å². The van der Waals surface area contributed by atoms with Crippen LogP contribution in [0.15, 0.2) is 53.1 Å². The Bertz CT molecular complexity index is 1070. The SMILES string of the molecule is Cc1occc1C(=O)Nc1cc(NC(=O)CCc2ccc(Cl)cc2Cl)ccc1F. The standard InChI is InChI=1S/C21H17Cl2FN2O3/c1-12-16(8-9-29-12)21(28)26-19-11-15(5-6-18(19)24)25-20(27)7-3-13-2-4-14(22)10-17(13)23/h2,4-6,8-11H,3,7H2,1H3,(H,25,27)(H,26,28). The Balaban J connectivity index is 1.63. The molecule has 5 nitrogen and oxygen atoms in total. The summed E-state index contributed by atoms with van der Waals surface area (Å²) in [7, 11) is 0. The molecule has 3 aromatic rings. The zero-order chi connectivity index (χ0) is 21.0. The molecule has 0 radical (unpaired) electrons. The molecule has 0 aliphatic rings. The van der Waals surface area contributed by atoms with E-state index in [4.69, 9.17) is 27.6 Å². The van der Waals surface area contributed by atoms with Gasteiger partial charge in [0, 0.05) is 22.2 Å². The minimum Gasteiger partial charge on any atom is -0.469 e. The van der Waals surface area contributed by atoms with Crippen molar-refractivity contribution in [3.05, 3.63) is 81.5 Å². The first-order valence-corrected chi connectivity index (χ1v) is 9.48. The fourth-order valence-electron chi connectivity index (χ4n) is 2.71. The lowest BCUT2D eigenvalue weighted by atomic mass is 10.1. The van der Waals surface area contributed by atoms with Gasteiger partial charge in [0.1, 0.15) is 11.6 Å². The van der Waals surface area contributed by atoms with Gasteiger partial charge >= 0.3 is 0 Å². The zero-order valence-corrected chi connectivity index (χ0v) is 16.9. The smallest absolute Gasteiger partial charge is 0.259 e. The minimum atomic E-state index is -0.620. The molecule has 0 saturated carbocycles. The van der Waals surface area contributed by atoms with Gasteiger partial charge in [-0.15, -0.1) is 0 Å². The van der Waals surface area contributed by atoms with E-state index in [0.29, 0.717) is 33.5 Å². The number of carbonyl (C=O) groups is 2. The van der Waals surface area contributed by atoms with Crippen LogP contribution in [0.3, 0.4) is 0 Å². The van der Waals surface area contributed by atoms with Crippen LogP contribution in [0.2, 0.25) is 10.0 Å². The second-order valence-electron chi connectivity index (χ2n) is 6.32. The summed E-state index contributed by atoms with van der Waals surface area (Å²) in [5, 5.41) is 6.18. The molecule has 2 amide bonds. The van der Waals surface area contributed by atoms with Crippen molar-refractivity contribution < 1.29 is 18.4 Å². The second kappa shape index (κ2) is 9.11. The summed E-state index contributed by atoms with van der Waals surface area (Å²) >= 11 is 12.0. The number of halogens is 3. The van der Waals surface area contributed by atoms with E-state index in [1.54, 1.807) is 25.1 Å². The van der Waals surface area contributed by atoms with Gasteiger partial charge in [0.2, 0.25) is 5.91 Å². The highest BCUT2D eigenvalue weighted by Crippen LogP contribution is 2.24. The van der Waals surface area contributed by atoms with Crippen LogP contribution >= 0.6 is 23.2 Å². The maximum absolute atomic E-state index is 14.1. The topological polar surface area (TPSA) is 71.3 Å². The van der Waals surface area contributed by atoms with E-state index in [-0.39, 0.29) is 18.0 Å². The Kier molecular flexibility index (Phi) is 6.56. The Labute approximate surface area is 176 Å². The van der Waals surface area contributed by atoms with Gasteiger partial charge in [0.05, 0.1) is 17.5 Å². The summed E-state index contributed by atoms with van der Waals surface area (Å²) in [6.45, 7) is 1.63. The number of amides is 2. The quantitative estimate of drug-likeness (QED) is 0.510. The van der Waals surface area contributed by atoms with E-state index < -0.39 is 11.7 Å². The monoisotopic (exact) mass is 434 g/mol. The second-order valence-corrected chi connectivity index (χ2v) is 7.17. The number of aryl methyl sites for hydroxylation is 2. The van der Waals surface area contributed by atoms with Crippen molar-refractivity contribution in [2.75, 3.05) is 10.6 Å². The summed E-state index contributed by atoms with van der Waals surface area (Å²) in [6, 6.07) is 10.5. The van der Waals surface area contributed by atoms with Gasteiger partial charge in [-0.05, 0) is 55.3 Å². The van der Waals surface area contributed by atoms with Gasteiger partial charge in [-0.25, -0.2) is 4.39 Å². The molecule has 0 unspecified atom stereocenters. The molecule has 8 heteroatoms. The van der Waals surface area contributed by atoms with E-state index >= 15 is 0 Å². The Morgan fingerprint density at radius 1 is 1.07 bits per heavy atom. The molecular weight excluding hydrogens is 418 g/mol. The number of hydrogen-bond donors (Lipinski definition) is 2. The van der Waals surface area contributed by atoms with Crippen molar-refractivity contribution in [2.45, 2.75) is 19.8 Å². The molecule has 2 N–H and O–H groups in total. The molecule has 0 aliphatic heterocycles. The van der Waals surface area contributed by atoms with Crippen molar-refractivity contribution in [3.63, 3.8) is 0 Å². The molecule has 0 fully saturated rings. The fraction of sp³-hybridized carbons (Fsp3) is 0.143. The first kappa shape index (κ1) is 20.9. The third-order valence-electron chi connectivity index (χ3n) is 4.24. The molecular formula is C21H17Cl2FN2O3. The maximum atomic E-state index is 14.1. The van der Waals surface area contributed by atoms with Crippen LogP contribution in [0, 0.1) is 12.7 Å². The van der Waals surface area contributed by atoms with E-state index in [1.807, 2.05) is 0 Å². The summed E-state index contributed by atoms with van der Waals surface area (Å²) in [6.07, 6.45) is 1.98. The van der Waals surface area contributed by atoms with Crippen LogP contribution in [0.5, 0.6) is 0 Å². The summed E-state index contributed by atoms with van der Waals surface area (Å²) in [4.78, 5) is 24.5. The number of furan rings is 1. The Morgan fingerprint density at radius 2 is 1.86 bits per heavy atom. The molecule has 2 aromatic carbocycles. The van der Waals surface area contributed by atoms with E-state index in [9.17, 15) is 14.0 Å². The van der Waals surface area contributed by atoms with Gasteiger partial charge in [0.15, 0.2) is 0 Å². The van der Waals surface area contributed by atoms with Crippen LogP contribution in [-0.4, -0.2) is 11.8 Å². The van der Waals surface area contributed by atoms with Crippen LogP contribution < -0.4 is 10.6 Å². The van der Waals surface area contributed by atoms with E-state index in [2.05, 4.69) is 10.6 Å². The molecule has 0 spiro atoms. The molecule has 29 heavy (non-hydrogen) atoms. The van der Waals surface area contributed by atoms with Crippen LogP contribution in [0.1, 0.15) is 28.1 Å². The molecule has 0 atom stereocenters. The molecule has 3 rings (SSSR count). The number of rotatable bonds is 6. The minimum absolute atomic E-state index is 0.0471. The predicted molar refractivity (Wildman–Crippen MR) is 111 cm³/mol. The molecule has 1 aromatic heterocycles. The maximum Gasteiger partial charge on any atom is 0.259 e. The largest absolute Gasteiger partial charge is 0.469 e. The molecule has 0 aliphatic carbocycles. The molecule has 1 heterocycles. The first-order valence-electron chi connectivity index (χ1n) is 8.72. The lowest BCUT2D eigenvalue weighted by Gasteiger charge is -2.10. The lowest BCUT2D eigenvalue weighted by Crippen LogP contribution is -2.15. The predicted octanol–water partition coefficient (Wildman–Crippen LogP) is 5.86. The zero-order valence-electron chi connectivity index (χ0n) is 15.4. The average Bonchev–Trinajstić information content (AvgIpc) is 3.10. The van der Waals surface area contributed by atoms with Gasteiger partial charge in [0.25, 0.3) is 5.91 Å². The summed E-state index contributed by atoms with van der Waals surface area (Å²) in [5.41, 5.74) is 1.42. The number of carbonyl (C=O) groups excluding carboxylic acids is 2. The van der Waals surface area contributed by atoms with Crippen LogP contribution in [0.25, 0.3) is 0 Å². The summed E-state index contributed by atoms with van der Waals surface area (Å²) in [5.74, 6) is -0.972. The molecule has 0 saturated heterocycles. The van der Waals surface area contributed by atoms with E-state index in [0.717, 1.165) is 5.56 Å². The number of anilines is 2. The van der Waals surface area contributed by atoms with Gasteiger partial charge in [-0.1, -0.05) is 29.3 Å². The van der Waals surface area contributed by atoms with Crippen molar-refractivity contribution in [3.8, 4) is 0 Å². The fourth-order valence-corrected chi connectivity index (χ4v) is 3.21. The normalized spacial score (nSPS) is 10.6. The lowest BCUT2D eigenvalue weighted by molar-refractivity contribution is -0.116. The Morgan fingerprint density at radius 3 is 2.55 bits per heavy atom. The van der Waals surface area contributed by atoms with Crippen molar-refractivity contribution in [1.82, 2.24) is 0 Å². The van der Waals surface area contributed by atoms with Gasteiger partial charge in [-0.3, -0.25) is 9.59 Å². The highest BCUT2D eigenvalue weighted by molar-refractivity contribution is 6.35. The van der Waals surface area contributed by atoms with Crippen molar-refractivity contribution >= 4 is 46.4 Å². The number of nitrogens with one attached hydrogen (secondary N) is 2. The van der Waals surface area contributed by atoms with Crippen molar-refractivity contribution in [2.24, 2.45) is 0 Å². The van der Waals surface area contributed by atoms with Gasteiger partial charge in [-0.2, -0.15) is 0 Å². The molecule has 150 valence electrons. The highest BCUT2D eigenvalue weighted by atomic mass is 35.5.